The molecule has 1 aliphatic heterocycles. The van der Waals surface area contributed by atoms with Gasteiger partial charge >= 0.3 is 11.7 Å². The van der Waals surface area contributed by atoms with Crippen LogP contribution in [0.4, 0.5) is 5.95 Å². The van der Waals surface area contributed by atoms with Gasteiger partial charge in [0, 0.05) is 43.3 Å². The van der Waals surface area contributed by atoms with Gasteiger partial charge in [-0.1, -0.05) is 29.3 Å². The largest absolute Gasteiger partial charge is 0.468 e. The summed E-state index contributed by atoms with van der Waals surface area (Å²) in [5.74, 6) is 0.264. The van der Waals surface area contributed by atoms with E-state index in [1.807, 2.05) is 9.80 Å². The van der Waals surface area contributed by atoms with Crippen molar-refractivity contribution in [1.29, 1.82) is 0 Å². The standard InChI is InChI=1S/C20H22Cl2N6O4/c1-25-17-16(18(30)24-20(25)31)28(10-12-3-4-13(21)9-14(12)22)19(23-17)27-7-5-26(6-8-27)11-15(29)32-2/h3-4,9H,5-8,10-11H2,1-2H3,(H,24,30,31). The minimum Gasteiger partial charge on any atom is -0.468 e. The maximum Gasteiger partial charge on any atom is 0.329 e. The van der Waals surface area contributed by atoms with E-state index in [9.17, 15) is 14.4 Å². The summed E-state index contributed by atoms with van der Waals surface area (Å²) < 4.78 is 7.82. The number of nitrogens with one attached hydrogen (secondary N) is 1. The molecule has 1 aromatic carbocycles. The van der Waals surface area contributed by atoms with E-state index in [0.717, 1.165) is 5.56 Å². The summed E-state index contributed by atoms with van der Waals surface area (Å²) in [6.07, 6.45) is 0. The molecule has 1 fully saturated rings. The number of ether oxygens (including phenoxy) is 1. The van der Waals surface area contributed by atoms with Crippen molar-refractivity contribution in [1.82, 2.24) is 24.0 Å². The van der Waals surface area contributed by atoms with Crippen LogP contribution in [-0.4, -0.2) is 69.8 Å². The summed E-state index contributed by atoms with van der Waals surface area (Å²) in [7, 11) is 2.93. The molecule has 0 saturated carbocycles. The minimum absolute atomic E-state index is 0.218. The van der Waals surface area contributed by atoms with Crippen molar-refractivity contribution in [3.8, 4) is 0 Å². The van der Waals surface area contributed by atoms with Gasteiger partial charge in [-0.25, -0.2) is 4.79 Å². The number of methoxy groups -OCH3 is 1. The summed E-state index contributed by atoms with van der Waals surface area (Å²) in [5.41, 5.74) is 0.275. The molecule has 0 bridgehead atoms. The Morgan fingerprint density at radius 3 is 2.56 bits per heavy atom. The zero-order valence-electron chi connectivity index (χ0n) is 17.6. The summed E-state index contributed by atoms with van der Waals surface area (Å²) in [5, 5.41) is 0.978. The van der Waals surface area contributed by atoms with Crippen molar-refractivity contribution in [3.63, 3.8) is 0 Å². The van der Waals surface area contributed by atoms with Gasteiger partial charge < -0.3 is 9.64 Å². The second-order valence-corrected chi connectivity index (χ2v) is 8.41. The van der Waals surface area contributed by atoms with E-state index in [1.165, 1.54) is 11.7 Å². The van der Waals surface area contributed by atoms with Crippen LogP contribution in [0, 0.1) is 0 Å². The van der Waals surface area contributed by atoms with Gasteiger partial charge in [0.1, 0.15) is 0 Å². The molecule has 10 nitrogen and oxygen atoms in total. The number of esters is 1. The van der Waals surface area contributed by atoms with Crippen LogP contribution in [0.15, 0.2) is 27.8 Å². The molecule has 12 heteroatoms. The first-order valence-corrected chi connectivity index (χ1v) is 10.7. The molecule has 1 saturated heterocycles. The van der Waals surface area contributed by atoms with Crippen molar-refractivity contribution in [2.45, 2.75) is 6.54 Å². The van der Waals surface area contributed by atoms with Crippen LogP contribution in [-0.2, 0) is 23.1 Å². The number of rotatable bonds is 5. The van der Waals surface area contributed by atoms with Crippen molar-refractivity contribution < 1.29 is 9.53 Å². The lowest BCUT2D eigenvalue weighted by Gasteiger charge is -2.34. The van der Waals surface area contributed by atoms with E-state index in [2.05, 4.69) is 9.97 Å². The number of anilines is 1. The van der Waals surface area contributed by atoms with E-state index < -0.39 is 11.2 Å². The molecule has 3 heterocycles. The van der Waals surface area contributed by atoms with E-state index in [0.29, 0.717) is 42.2 Å². The van der Waals surface area contributed by atoms with Crippen molar-refractivity contribution in [2.75, 3.05) is 44.7 Å². The highest BCUT2D eigenvalue weighted by atomic mass is 35.5. The third-order valence-electron chi connectivity index (χ3n) is 5.57. The number of aromatic amines is 1. The van der Waals surface area contributed by atoms with Gasteiger partial charge in [-0.05, 0) is 17.7 Å². The van der Waals surface area contributed by atoms with Crippen LogP contribution in [0.1, 0.15) is 5.56 Å². The number of fused-ring (bicyclic) bond motifs is 1. The lowest BCUT2D eigenvalue weighted by molar-refractivity contribution is -0.142. The van der Waals surface area contributed by atoms with Crippen LogP contribution in [0.2, 0.25) is 10.0 Å². The molecule has 0 radical (unpaired) electrons. The maximum absolute atomic E-state index is 12.7. The second-order valence-electron chi connectivity index (χ2n) is 7.56. The molecule has 0 spiro atoms. The first kappa shape index (κ1) is 22.4. The SMILES string of the molecule is COC(=O)CN1CCN(c2nc3c(c(=O)[nH]c(=O)n3C)n2Cc2ccc(Cl)cc2Cl)CC1. The number of aryl methyl sites for hydroxylation is 1. The molecule has 0 aliphatic carbocycles. The topological polar surface area (TPSA) is 105 Å². The number of piperazine rings is 1. The van der Waals surface area contributed by atoms with Gasteiger partial charge in [-0.3, -0.25) is 28.6 Å². The third kappa shape index (κ3) is 4.25. The molecular formula is C20H22Cl2N6O4. The molecular weight excluding hydrogens is 459 g/mol. The van der Waals surface area contributed by atoms with Crippen molar-refractivity contribution >= 4 is 46.3 Å². The second kappa shape index (κ2) is 8.97. The number of hydrogen-bond donors (Lipinski definition) is 1. The zero-order chi connectivity index (χ0) is 23.0. The Kier molecular flexibility index (Phi) is 6.27. The maximum atomic E-state index is 12.7. The summed E-state index contributed by atoms with van der Waals surface area (Å²) in [6.45, 7) is 2.90. The molecule has 0 amide bonds. The van der Waals surface area contributed by atoms with Gasteiger partial charge in [0.2, 0.25) is 5.95 Å². The molecule has 1 N–H and O–H groups in total. The quantitative estimate of drug-likeness (QED) is 0.544. The number of carbonyl (C=O) groups excluding carboxylic acids is 1. The van der Waals surface area contributed by atoms with E-state index >= 15 is 0 Å². The summed E-state index contributed by atoms with van der Waals surface area (Å²) in [6, 6.07) is 5.17. The summed E-state index contributed by atoms with van der Waals surface area (Å²) >= 11 is 12.4. The zero-order valence-corrected chi connectivity index (χ0v) is 19.1. The Balaban J connectivity index is 1.75. The average Bonchev–Trinajstić information content (AvgIpc) is 3.14. The highest BCUT2D eigenvalue weighted by Gasteiger charge is 2.26. The molecule has 4 rings (SSSR count). The molecule has 0 atom stereocenters. The fourth-order valence-electron chi connectivity index (χ4n) is 3.79. The van der Waals surface area contributed by atoms with Gasteiger partial charge in [-0.15, -0.1) is 0 Å². The fourth-order valence-corrected chi connectivity index (χ4v) is 4.26. The van der Waals surface area contributed by atoms with E-state index in [1.54, 1.807) is 29.8 Å². The molecule has 2 aromatic heterocycles. The Labute approximate surface area is 192 Å². The minimum atomic E-state index is -0.536. The Bertz CT molecular complexity index is 1290. The Morgan fingerprint density at radius 2 is 1.91 bits per heavy atom. The third-order valence-corrected chi connectivity index (χ3v) is 6.15. The molecule has 3 aromatic rings. The van der Waals surface area contributed by atoms with Crippen LogP contribution < -0.4 is 16.1 Å². The number of imidazole rings is 1. The van der Waals surface area contributed by atoms with Crippen LogP contribution in [0.5, 0.6) is 0 Å². The van der Waals surface area contributed by atoms with Crippen LogP contribution in [0.3, 0.4) is 0 Å². The fraction of sp³-hybridized carbons (Fsp3) is 0.400. The lowest BCUT2D eigenvalue weighted by Crippen LogP contribution is -2.48. The first-order valence-electron chi connectivity index (χ1n) is 9.96. The highest BCUT2D eigenvalue weighted by molar-refractivity contribution is 6.35. The predicted molar refractivity (Wildman–Crippen MR) is 122 cm³/mol. The molecule has 32 heavy (non-hydrogen) atoms. The van der Waals surface area contributed by atoms with Gasteiger partial charge in [-0.2, -0.15) is 4.98 Å². The highest BCUT2D eigenvalue weighted by Crippen LogP contribution is 2.26. The Hall–Kier alpha value is -2.82. The van der Waals surface area contributed by atoms with E-state index in [-0.39, 0.29) is 30.2 Å². The molecule has 0 unspecified atom stereocenters. The monoisotopic (exact) mass is 480 g/mol. The van der Waals surface area contributed by atoms with Gasteiger partial charge in [0.05, 0.1) is 20.2 Å². The van der Waals surface area contributed by atoms with Crippen LogP contribution >= 0.6 is 23.2 Å². The lowest BCUT2D eigenvalue weighted by atomic mass is 10.2. The van der Waals surface area contributed by atoms with Gasteiger partial charge in [0.25, 0.3) is 5.56 Å². The number of nitrogens with zero attached hydrogens (tertiary/aromatic N) is 5. The van der Waals surface area contributed by atoms with Crippen molar-refractivity contribution in [2.24, 2.45) is 7.05 Å². The van der Waals surface area contributed by atoms with Gasteiger partial charge in [0.15, 0.2) is 11.2 Å². The van der Waals surface area contributed by atoms with Crippen molar-refractivity contribution in [3.05, 3.63) is 54.6 Å². The number of halogens is 2. The normalized spacial score (nSPS) is 14.8. The van der Waals surface area contributed by atoms with Crippen LogP contribution in [0.25, 0.3) is 11.2 Å². The Morgan fingerprint density at radius 1 is 1.19 bits per heavy atom. The predicted octanol–water partition coefficient (Wildman–Crippen LogP) is 1.07. The molecule has 1 aliphatic rings. The number of benzene rings is 1. The first-order chi connectivity index (χ1) is 15.3. The number of carbonyl (C=O) groups is 1. The number of aromatic nitrogens is 4. The van der Waals surface area contributed by atoms with E-state index in [4.69, 9.17) is 27.9 Å². The number of H-pyrrole nitrogens is 1. The summed E-state index contributed by atoms with van der Waals surface area (Å²) in [4.78, 5) is 47.5. The smallest absolute Gasteiger partial charge is 0.329 e. The average molecular weight is 481 g/mol. The number of hydrogen-bond acceptors (Lipinski definition) is 7. The molecule has 170 valence electrons.